The van der Waals surface area contributed by atoms with Crippen LogP contribution in [0, 0.1) is 5.92 Å². The van der Waals surface area contributed by atoms with Gasteiger partial charge in [-0.15, -0.1) is 0 Å². The maximum absolute atomic E-state index is 6.43. The third kappa shape index (κ3) is 3.89. The van der Waals surface area contributed by atoms with E-state index < -0.39 is 0 Å². The lowest BCUT2D eigenvalue weighted by Gasteiger charge is -2.29. The molecule has 1 N–H and O–H groups in total. The predicted octanol–water partition coefficient (Wildman–Crippen LogP) is 4.46. The summed E-state index contributed by atoms with van der Waals surface area (Å²) in [6.45, 7) is 6.33. The van der Waals surface area contributed by atoms with Gasteiger partial charge in [0.1, 0.15) is 0 Å². The van der Waals surface area contributed by atoms with Gasteiger partial charge in [0, 0.05) is 35.9 Å². The summed E-state index contributed by atoms with van der Waals surface area (Å²) in [5.74, 6) is 0.661. The van der Waals surface area contributed by atoms with Crippen LogP contribution in [0.5, 0.6) is 0 Å². The van der Waals surface area contributed by atoms with E-state index in [0.29, 0.717) is 12.0 Å². The molecule has 0 aromatic heterocycles. The highest BCUT2D eigenvalue weighted by atomic mass is 35.5. The lowest BCUT2D eigenvalue weighted by molar-refractivity contribution is 0.551. The van der Waals surface area contributed by atoms with Gasteiger partial charge in [-0.3, -0.25) is 0 Å². The molecule has 112 valence electrons. The molecule has 1 aromatic rings. The average Bonchev–Trinajstić information content (AvgIpc) is 2.93. The fourth-order valence-corrected chi connectivity index (χ4v) is 3.26. The Bertz CT molecular complexity index is 425. The van der Waals surface area contributed by atoms with Crippen molar-refractivity contribution in [1.82, 2.24) is 5.32 Å². The zero-order valence-electron chi connectivity index (χ0n) is 13.0. The molecular formula is C17H27ClN2. The maximum Gasteiger partial charge on any atom is 0.0471 e. The zero-order chi connectivity index (χ0) is 14.5. The van der Waals surface area contributed by atoms with E-state index in [1.165, 1.54) is 36.9 Å². The highest BCUT2D eigenvalue weighted by Crippen LogP contribution is 2.32. The van der Waals surface area contributed by atoms with E-state index in [-0.39, 0.29) is 0 Å². The molecular weight excluding hydrogens is 268 g/mol. The van der Waals surface area contributed by atoms with Crippen molar-refractivity contribution in [3.63, 3.8) is 0 Å². The minimum atomic E-state index is 0.661. The van der Waals surface area contributed by atoms with E-state index >= 15 is 0 Å². The highest BCUT2D eigenvalue weighted by molar-refractivity contribution is 6.31. The van der Waals surface area contributed by atoms with Gasteiger partial charge in [-0.1, -0.05) is 44.4 Å². The van der Waals surface area contributed by atoms with Crippen molar-refractivity contribution in [2.45, 2.75) is 52.1 Å². The summed E-state index contributed by atoms with van der Waals surface area (Å²) >= 11 is 6.43. The van der Waals surface area contributed by atoms with Gasteiger partial charge in [-0.25, -0.2) is 0 Å². The van der Waals surface area contributed by atoms with Gasteiger partial charge < -0.3 is 10.2 Å². The minimum Gasteiger partial charge on any atom is -0.371 e. The summed E-state index contributed by atoms with van der Waals surface area (Å²) in [5.41, 5.74) is 2.53. The molecule has 0 bridgehead atoms. The lowest BCUT2D eigenvalue weighted by atomic mass is 10.1. The fraction of sp³-hybridized carbons (Fsp3) is 0.647. The van der Waals surface area contributed by atoms with Crippen molar-refractivity contribution in [3.8, 4) is 0 Å². The lowest BCUT2D eigenvalue weighted by Crippen LogP contribution is -2.30. The van der Waals surface area contributed by atoms with E-state index in [9.17, 15) is 0 Å². The molecule has 1 aliphatic rings. The first-order valence-corrected chi connectivity index (χ1v) is 8.18. The molecule has 3 heteroatoms. The highest BCUT2D eigenvalue weighted by Gasteiger charge is 2.22. The Morgan fingerprint density at radius 3 is 2.65 bits per heavy atom. The summed E-state index contributed by atoms with van der Waals surface area (Å²) in [7, 11) is 2.22. The third-order valence-corrected chi connectivity index (χ3v) is 4.56. The van der Waals surface area contributed by atoms with Crippen molar-refractivity contribution in [2.24, 2.45) is 5.92 Å². The molecule has 20 heavy (non-hydrogen) atoms. The van der Waals surface area contributed by atoms with Gasteiger partial charge in [-0.2, -0.15) is 0 Å². The first-order chi connectivity index (χ1) is 9.59. The van der Waals surface area contributed by atoms with Gasteiger partial charge in [0.2, 0.25) is 0 Å². The van der Waals surface area contributed by atoms with Gasteiger partial charge in [0.05, 0.1) is 0 Å². The molecule has 0 aliphatic heterocycles. The summed E-state index contributed by atoms with van der Waals surface area (Å²) in [5, 5.41) is 4.40. The van der Waals surface area contributed by atoms with E-state index in [2.05, 4.69) is 43.2 Å². The van der Waals surface area contributed by atoms with Crippen molar-refractivity contribution in [1.29, 1.82) is 0 Å². The van der Waals surface area contributed by atoms with Crippen LogP contribution in [-0.4, -0.2) is 19.6 Å². The second-order valence-corrected chi connectivity index (χ2v) is 6.72. The van der Waals surface area contributed by atoms with Crippen LogP contribution in [0.2, 0.25) is 5.02 Å². The number of hydrogen-bond donors (Lipinski definition) is 1. The van der Waals surface area contributed by atoms with Crippen LogP contribution in [0.4, 0.5) is 5.69 Å². The van der Waals surface area contributed by atoms with E-state index in [1.807, 2.05) is 6.07 Å². The SMILES string of the molecule is CC(C)CNCc1c(Cl)cccc1N(C)C1CCCC1. The van der Waals surface area contributed by atoms with Gasteiger partial charge >= 0.3 is 0 Å². The molecule has 1 fully saturated rings. The average molecular weight is 295 g/mol. The molecule has 2 rings (SSSR count). The van der Waals surface area contributed by atoms with Crippen molar-refractivity contribution >= 4 is 17.3 Å². The summed E-state index contributed by atoms with van der Waals surface area (Å²) in [4.78, 5) is 2.44. The Balaban J connectivity index is 2.12. The number of halogens is 1. The van der Waals surface area contributed by atoms with E-state index in [4.69, 9.17) is 11.6 Å². The summed E-state index contributed by atoms with van der Waals surface area (Å²) < 4.78 is 0. The molecule has 0 atom stereocenters. The summed E-state index contributed by atoms with van der Waals surface area (Å²) in [6, 6.07) is 6.95. The van der Waals surface area contributed by atoms with Crippen LogP contribution in [0.25, 0.3) is 0 Å². The molecule has 0 radical (unpaired) electrons. The van der Waals surface area contributed by atoms with E-state index in [1.54, 1.807) is 0 Å². The molecule has 0 heterocycles. The third-order valence-electron chi connectivity index (χ3n) is 4.20. The first kappa shape index (κ1) is 15.7. The molecule has 2 nitrogen and oxygen atoms in total. The number of hydrogen-bond acceptors (Lipinski definition) is 2. The van der Waals surface area contributed by atoms with Crippen molar-refractivity contribution < 1.29 is 0 Å². The Hall–Kier alpha value is -0.730. The number of nitrogens with one attached hydrogen (secondary N) is 1. The molecule has 0 unspecified atom stereocenters. The zero-order valence-corrected chi connectivity index (χ0v) is 13.7. The number of anilines is 1. The predicted molar refractivity (Wildman–Crippen MR) is 88.7 cm³/mol. The molecule has 1 aromatic carbocycles. The van der Waals surface area contributed by atoms with Crippen LogP contribution in [0.3, 0.4) is 0 Å². The molecule has 0 saturated heterocycles. The number of benzene rings is 1. The summed E-state index contributed by atoms with van der Waals surface area (Å²) in [6.07, 6.45) is 5.33. The van der Waals surface area contributed by atoms with Gasteiger partial charge in [0.25, 0.3) is 0 Å². The molecule has 0 spiro atoms. The Labute approximate surface area is 128 Å². The Morgan fingerprint density at radius 2 is 2.00 bits per heavy atom. The Kier molecular flexibility index (Phi) is 5.74. The van der Waals surface area contributed by atoms with Gasteiger partial charge in [-0.05, 0) is 37.4 Å². The molecule has 1 saturated carbocycles. The van der Waals surface area contributed by atoms with E-state index in [0.717, 1.165) is 18.1 Å². The second kappa shape index (κ2) is 7.33. The quantitative estimate of drug-likeness (QED) is 0.833. The normalized spacial score (nSPS) is 16.1. The van der Waals surface area contributed by atoms with Crippen LogP contribution < -0.4 is 10.2 Å². The number of nitrogens with zero attached hydrogens (tertiary/aromatic N) is 1. The topological polar surface area (TPSA) is 15.3 Å². The standard InChI is InChI=1S/C17H27ClN2/c1-13(2)11-19-12-15-16(18)9-6-10-17(15)20(3)14-7-4-5-8-14/h6,9-10,13-14,19H,4-5,7-8,11-12H2,1-3H3. The van der Waals surface area contributed by atoms with Crippen molar-refractivity contribution in [2.75, 3.05) is 18.5 Å². The maximum atomic E-state index is 6.43. The molecule has 1 aliphatic carbocycles. The number of rotatable bonds is 6. The minimum absolute atomic E-state index is 0.661. The smallest absolute Gasteiger partial charge is 0.0471 e. The van der Waals surface area contributed by atoms with Crippen LogP contribution in [-0.2, 0) is 6.54 Å². The fourth-order valence-electron chi connectivity index (χ4n) is 3.03. The van der Waals surface area contributed by atoms with Crippen molar-refractivity contribution in [3.05, 3.63) is 28.8 Å². The Morgan fingerprint density at radius 1 is 1.30 bits per heavy atom. The monoisotopic (exact) mass is 294 g/mol. The van der Waals surface area contributed by atoms with Crippen LogP contribution >= 0.6 is 11.6 Å². The van der Waals surface area contributed by atoms with Gasteiger partial charge in [0.15, 0.2) is 0 Å². The van der Waals surface area contributed by atoms with Crippen LogP contribution in [0.1, 0.15) is 45.1 Å². The van der Waals surface area contributed by atoms with Crippen LogP contribution in [0.15, 0.2) is 18.2 Å². The second-order valence-electron chi connectivity index (χ2n) is 6.31. The molecule has 0 amide bonds. The first-order valence-electron chi connectivity index (χ1n) is 7.80. The largest absolute Gasteiger partial charge is 0.371 e.